The van der Waals surface area contributed by atoms with Gasteiger partial charge in [0.25, 0.3) is 5.91 Å². The number of aromatic nitrogens is 2. The quantitative estimate of drug-likeness (QED) is 0.544. The second-order valence-corrected chi connectivity index (χ2v) is 8.06. The van der Waals surface area contributed by atoms with Crippen molar-refractivity contribution < 1.29 is 14.3 Å². The van der Waals surface area contributed by atoms with E-state index in [-0.39, 0.29) is 11.9 Å². The number of ether oxygens (including phenoxy) is 1. The summed E-state index contributed by atoms with van der Waals surface area (Å²) >= 11 is 0. The van der Waals surface area contributed by atoms with Gasteiger partial charge in [-0.3, -0.25) is 14.5 Å². The summed E-state index contributed by atoms with van der Waals surface area (Å²) in [4.78, 5) is 36.2. The Bertz CT molecular complexity index is 1110. The van der Waals surface area contributed by atoms with Crippen LogP contribution in [0.5, 0.6) is 0 Å². The molecule has 1 amide bonds. The molecule has 4 rings (SSSR count). The van der Waals surface area contributed by atoms with Crippen LogP contribution in [0.3, 0.4) is 0 Å². The van der Waals surface area contributed by atoms with E-state index < -0.39 is 6.23 Å². The van der Waals surface area contributed by atoms with Crippen molar-refractivity contribution in [3.8, 4) is 0 Å². The molecule has 1 unspecified atom stereocenters. The van der Waals surface area contributed by atoms with E-state index in [1.807, 2.05) is 37.3 Å². The molecule has 0 bridgehead atoms. The molecule has 0 fully saturated rings. The van der Waals surface area contributed by atoms with E-state index in [9.17, 15) is 9.59 Å². The molecule has 1 aromatic carbocycles. The molecule has 2 aromatic heterocycles. The van der Waals surface area contributed by atoms with Crippen LogP contribution < -0.4 is 4.90 Å². The van der Waals surface area contributed by atoms with Crippen molar-refractivity contribution in [1.82, 2.24) is 9.97 Å². The lowest BCUT2D eigenvalue weighted by Gasteiger charge is -2.24. The highest BCUT2D eigenvalue weighted by molar-refractivity contribution is 6.10. The minimum Gasteiger partial charge on any atom is -0.437 e. The molecule has 6 nitrogen and oxygen atoms in total. The third-order valence-corrected chi connectivity index (χ3v) is 5.24. The lowest BCUT2D eigenvalue weighted by atomic mass is 10.1. The lowest BCUT2D eigenvalue weighted by molar-refractivity contribution is -0.149. The van der Waals surface area contributed by atoms with Crippen LogP contribution >= 0.6 is 0 Å². The predicted octanol–water partition coefficient (Wildman–Crippen LogP) is 4.97. The molecular formula is C24H25N3O3. The first-order valence-electron chi connectivity index (χ1n) is 10.3. The van der Waals surface area contributed by atoms with E-state index in [4.69, 9.17) is 4.74 Å². The number of anilines is 1. The number of esters is 1. The Morgan fingerprint density at radius 2 is 1.87 bits per heavy atom. The summed E-state index contributed by atoms with van der Waals surface area (Å²) in [6, 6.07) is 14.7. The van der Waals surface area contributed by atoms with Crippen LogP contribution in [0.2, 0.25) is 0 Å². The second-order valence-electron chi connectivity index (χ2n) is 8.06. The van der Waals surface area contributed by atoms with Crippen molar-refractivity contribution in [3.05, 3.63) is 65.4 Å². The van der Waals surface area contributed by atoms with Crippen LogP contribution in [-0.2, 0) is 9.53 Å². The molecule has 6 heteroatoms. The lowest BCUT2D eigenvalue weighted by Crippen LogP contribution is -2.31. The zero-order valence-corrected chi connectivity index (χ0v) is 17.5. The van der Waals surface area contributed by atoms with Gasteiger partial charge in [0.1, 0.15) is 5.82 Å². The normalized spacial score (nSPS) is 15.7. The number of pyridine rings is 2. The van der Waals surface area contributed by atoms with Gasteiger partial charge in [0.05, 0.1) is 0 Å². The van der Waals surface area contributed by atoms with Crippen molar-refractivity contribution in [1.29, 1.82) is 0 Å². The Kier molecular flexibility index (Phi) is 5.48. The summed E-state index contributed by atoms with van der Waals surface area (Å²) in [5.74, 6) is 0.401. The molecule has 0 spiro atoms. The van der Waals surface area contributed by atoms with Crippen LogP contribution in [-0.4, -0.2) is 21.8 Å². The number of carbonyl (C=O) groups excluding carboxylic acids is 2. The van der Waals surface area contributed by atoms with Crippen molar-refractivity contribution in [2.45, 2.75) is 46.3 Å². The third-order valence-electron chi connectivity index (χ3n) is 5.24. The van der Waals surface area contributed by atoms with Gasteiger partial charge in [-0.2, -0.15) is 0 Å². The van der Waals surface area contributed by atoms with Crippen molar-refractivity contribution in [2.24, 2.45) is 5.92 Å². The molecule has 0 aliphatic carbocycles. The number of carbonyl (C=O) groups is 2. The molecule has 154 valence electrons. The summed E-state index contributed by atoms with van der Waals surface area (Å²) in [5.41, 5.74) is 2.60. The first-order chi connectivity index (χ1) is 14.4. The Balaban J connectivity index is 1.66. The van der Waals surface area contributed by atoms with Crippen LogP contribution in [0, 0.1) is 12.8 Å². The Labute approximate surface area is 175 Å². The van der Waals surface area contributed by atoms with E-state index in [2.05, 4.69) is 23.8 Å². The molecule has 1 aliphatic rings. The highest BCUT2D eigenvalue weighted by Crippen LogP contribution is 2.38. The van der Waals surface area contributed by atoms with Gasteiger partial charge in [-0.15, -0.1) is 0 Å². The number of rotatable bonds is 6. The van der Waals surface area contributed by atoms with Gasteiger partial charge in [-0.1, -0.05) is 38.5 Å². The number of fused-ring (bicyclic) bond motifs is 2. The smallest absolute Gasteiger partial charge is 0.307 e. The maximum absolute atomic E-state index is 13.2. The molecule has 0 saturated carbocycles. The van der Waals surface area contributed by atoms with E-state index in [1.54, 1.807) is 18.2 Å². The topological polar surface area (TPSA) is 72.4 Å². The Morgan fingerprint density at radius 1 is 1.10 bits per heavy atom. The minimum atomic E-state index is -0.824. The number of aryl methyl sites for hydroxylation is 1. The summed E-state index contributed by atoms with van der Waals surface area (Å²) in [6.07, 6.45) is 1.21. The molecule has 1 atom stereocenters. The van der Waals surface area contributed by atoms with Gasteiger partial charge in [0.15, 0.2) is 5.65 Å². The first kappa shape index (κ1) is 20.0. The molecule has 3 heterocycles. The molecule has 3 aromatic rings. The van der Waals surface area contributed by atoms with E-state index >= 15 is 0 Å². The summed E-state index contributed by atoms with van der Waals surface area (Å²) in [7, 11) is 0. The molecule has 0 saturated heterocycles. The first-order valence-corrected chi connectivity index (χ1v) is 10.3. The molecule has 30 heavy (non-hydrogen) atoms. The predicted molar refractivity (Wildman–Crippen MR) is 115 cm³/mol. The Hall–Kier alpha value is -3.28. The van der Waals surface area contributed by atoms with Gasteiger partial charge >= 0.3 is 5.97 Å². The van der Waals surface area contributed by atoms with Crippen molar-refractivity contribution >= 4 is 28.7 Å². The highest BCUT2D eigenvalue weighted by atomic mass is 16.6. The third kappa shape index (κ3) is 3.90. The van der Waals surface area contributed by atoms with Crippen LogP contribution in [0.25, 0.3) is 11.0 Å². The van der Waals surface area contributed by atoms with Crippen LogP contribution in [0.1, 0.15) is 61.0 Å². The van der Waals surface area contributed by atoms with E-state index in [0.717, 1.165) is 23.9 Å². The van der Waals surface area contributed by atoms with Gasteiger partial charge < -0.3 is 4.74 Å². The summed E-state index contributed by atoms with van der Waals surface area (Å²) in [5, 5.41) is 0.885. The zero-order chi connectivity index (χ0) is 21.3. The fourth-order valence-electron chi connectivity index (χ4n) is 3.68. The van der Waals surface area contributed by atoms with Crippen LogP contribution in [0.15, 0.2) is 48.5 Å². The number of benzene rings is 1. The second kappa shape index (κ2) is 8.22. The maximum Gasteiger partial charge on any atom is 0.307 e. The van der Waals surface area contributed by atoms with E-state index in [1.165, 1.54) is 4.90 Å². The van der Waals surface area contributed by atoms with Gasteiger partial charge in [-0.05, 0) is 49.6 Å². The number of hydrogen-bond acceptors (Lipinski definition) is 5. The number of hydrogen-bond donors (Lipinski definition) is 0. The number of nitrogens with zero attached hydrogens (tertiary/aromatic N) is 3. The SMILES string of the molecule is Cc1ccc2ccc(N3C(=O)c4ccccc4C3OC(=O)CCCC(C)C)nc2n1. The highest BCUT2D eigenvalue weighted by Gasteiger charge is 2.40. The monoisotopic (exact) mass is 403 g/mol. The van der Waals surface area contributed by atoms with Gasteiger partial charge in [0, 0.05) is 28.6 Å². The maximum atomic E-state index is 13.2. The van der Waals surface area contributed by atoms with Crippen molar-refractivity contribution in [2.75, 3.05) is 4.90 Å². The molecule has 0 radical (unpaired) electrons. The largest absolute Gasteiger partial charge is 0.437 e. The summed E-state index contributed by atoms with van der Waals surface area (Å²) in [6.45, 7) is 6.15. The zero-order valence-electron chi connectivity index (χ0n) is 17.5. The minimum absolute atomic E-state index is 0.231. The average Bonchev–Trinajstić information content (AvgIpc) is 2.99. The van der Waals surface area contributed by atoms with E-state index in [0.29, 0.717) is 34.9 Å². The Morgan fingerprint density at radius 3 is 2.67 bits per heavy atom. The van der Waals surface area contributed by atoms with Crippen LogP contribution in [0.4, 0.5) is 5.82 Å². The molecule has 0 N–H and O–H groups in total. The number of amides is 1. The molecule has 1 aliphatic heterocycles. The fraction of sp³-hybridized carbons (Fsp3) is 0.333. The van der Waals surface area contributed by atoms with Gasteiger partial charge in [0.2, 0.25) is 6.23 Å². The van der Waals surface area contributed by atoms with Gasteiger partial charge in [-0.25, -0.2) is 9.97 Å². The summed E-state index contributed by atoms with van der Waals surface area (Å²) < 4.78 is 5.80. The standard InChI is InChI=1S/C24H25N3O3/c1-15(2)7-6-10-21(28)30-24-19-9-5-4-8-18(19)23(29)27(24)20-14-13-17-12-11-16(3)25-22(17)26-20/h4-5,8-9,11-15,24H,6-7,10H2,1-3H3. The molecular weight excluding hydrogens is 378 g/mol. The van der Waals surface area contributed by atoms with Crippen molar-refractivity contribution in [3.63, 3.8) is 0 Å². The fourth-order valence-corrected chi connectivity index (χ4v) is 3.68. The average molecular weight is 403 g/mol.